The van der Waals surface area contributed by atoms with Crippen molar-refractivity contribution < 1.29 is 4.79 Å². The fraction of sp³-hybridized carbons (Fsp3) is 0.462. The second kappa shape index (κ2) is 6.04. The van der Waals surface area contributed by atoms with Crippen LogP contribution in [0.2, 0.25) is 0 Å². The van der Waals surface area contributed by atoms with Crippen molar-refractivity contribution in [1.82, 2.24) is 0 Å². The van der Waals surface area contributed by atoms with E-state index in [1.165, 1.54) is 12.8 Å². The van der Waals surface area contributed by atoms with Crippen LogP contribution < -0.4 is 4.90 Å². The number of rotatable bonds is 5. The van der Waals surface area contributed by atoms with Crippen LogP contribution in [-0.4, -0.2) is 19.4 Å². The number of anilines is 1. The summed E-state index contributed by atoms with van der Waals surface area (Å²) in [6, 6.07) is 6.34. The molecule has 0 spiro atoms. The summed E-state index contributed by atoms with van der Waals surface area (Å²) in [6.07, 6.45) is 3.21. The second-order valence-electron chi connectivity index (χ2n) is 4.07. The first kappa shape index (κ1) is 13.2. The van der Waals surface area contributed by atoms with Gasteiger partial charge in [-0.1, -0.05) is 13.3 Å². The number of hydrogen-bond acceptors (Lipinski definition) is 2. The van der Waals surface area contributed by atoms with E-state index in [0.717, 1.165) is 16.4 Å². The summed E-state index contributed by atoms with van der Waals surface area (Å²) >= 11 is 3.41. The highest BCUT2D eigenvalue weighted by Crippen LogP contribution is 2.24. The Labute approximate surface area is 106 Å². The van der Waals surface area contributed by atoms with Gasteiger partial charge in [-0.05, 0) is 47.5 Å². The van der Waals surface area contributed by atoms with E-state index >= 15 is 0 Å². The molecule has 1 aromatic rings. The van der Waals surface area contributed by atoms with Gasteiger partial charge in [0.25, 0.3) is 0 Å². The third kappa shape index (κ3) is 3.08. The molecular formula is C13H18BrNO. The van der Waals surface area contributed by atoms with Crippen LogP contribution in [0.5, 0.6) is 0 Å². The highest BCUT2D eigenvalue weighted by atomic mass is 79.9. The molecule has 0 radical (unpaired) electrons. The molecule has 16 heavy (non-hydrogen) atoms. The molecule has 2 nitrogen and oxygen atoms in total. The largest absolute Gasteiger partial charge is 0.372 e. The van der Waals surface area contributed by atoms with Gasteiger partial charge in [0, 0.05) is 28.8 Å². The number of aldehydes is 1. The molecule has 0 aliphatic rings. The van der Waals surface area contributed by atoms with E-state index in [-0.39, 0.29) is 0 Å². The summed E-state index contributed by atoms with van der Waals surface area (Å²) in [5.41, 5.74) is 1.83. The lowest BCUT2D eigenvalue weighted by atomic mass is 10.1. The molecule has 0 N–H and O–H groups in total. The van der Waals surface area contributed by atoms with Crippen LogP contribution >= 0.6 is 15.9 Å². The van der Waals surface area contributed by atoms with Crippen molar-refractivity contribution >= 4 is 27.9 Å². The molecule has 1 rings (SSSR count). The number of nitrogens with zero attached hydrogens (tertiary/aromatic N) is 1. The van der Waals surface area contributed by atoms with Gasteiger partial charge in [-0.25, -0.2) is 0 Å². The summed E-state index contributed by atoms with van der Waals surface area (Å²) in [6.45, 7) is 4.40. The van der Waals surface area contributed by atoms with Gasteiger partial charge in [-0.2, -0.15) is 0 Å². The van der Waals surface area contributed by atoms with Crippen molar-refractivity contribution in [2.24, 2.45) is 0 Å². The van der Waals surface area contributed by atoms with Crippen LogP contribution in [0.4, 0.5) is 5.69 Å². The van der Waals surface area contributed by atoms with E-state index < -0.39 is 0 Å². The lowest BCUT2D eigenvalue weighted by Crippen LogP contribution is -2.28. The first-order valence-electron chi connectivity index (χ1n) is 5.57. The fourth-order valence-electron chi connectivity index (χ4n) is 1.70. The summed E-state index contributed by atoms with van der Waals surface area (Å²) in [5, 5.41) is 0. The topological polar surface area (TPSA) is 20.3 Å². The van der Waals surface area contributed by atoms with Crippen LogP contribution in [0, 0.1) is 0 Å². The monoisotopic (exact) mass is 283 g/mol. The van der Waals surface area contributed by atoms with Crippen molar-refractivity contribution in [2.45, 2.75) is 32.7 Å². The molecule has 1 atom stereocenters. The fourth-order valence-corrected chi connectivity index (χ4v) is 2.16. The van der Waals surface area contributed by atoms with E-state index in [4.69, 9.17) is 0 Å². The molecular weight excluding hydrogens is 266 g/mol. The van der Waals surface area contributed by atoms with E-state index in [2.05, 4.69) is 41.7 Å². The van der Waals surface area contributed by atoms with Crippen LogP contribution in [0.1, 0.15) is 37.0 Å². The van der Waals surface area contributed by atoms with Gasteiger partial charge >= 0.3 is 0 Å². The predicted molar refractivity (Wildman–Crippen MR) is 72.3 cm³/mol. The third-order valence-electron chi connectivity index (χ3n) is 2.89. The van der Waals surface area contributed by atoms with Gasteiger partial charge in [0.05, 0.1) is 0 Å². The van der Waals surface area contributed by atoms with Gasteiger partial charge in [-0.3, -0.25) is 4.79 Å². The third-order valence-corrected chi connectivity index (χ3v) is 3.57. The molecule has 0 saturated heterocycles. The lowest BCUT2D eigenvalue weighted by Gasteiger charge is -2.27. The molecule has 3 heteroatoms. The molecule has 0 heterocycles. The molecule has 0 amide bonds. The molecule has 0 aliphatic carbocycles. The number of carbonyl (C=O) groups excluding carboxylic acids is 1. The number of benzene rings is 1. The quantitative estimate of drug-likeness (QED) is 0.765. The van der Waals surface area contributed by atoms with Crippen molar-refractivity contribution in [3.63, 3.8) is 0 Å². The Bertz CT molecular complexity index is 365. The Balaban J connectivity index is 2.88. The first-order valence-corrected chi connectivity index (χ1v) is 6.37. The second-order valence-corrected chi connectivity index (χ2v) is 4.93. The average molecular weight is 284 g/mol. The normalized spacial score (nSPS) is 12.2. The maximum Gasteiger partial charge on any atom is 0.151 e. The molecule has 1 aromatic carbocycles. The van der Waals surface area contributed by atoms with Crippen LogP contribution in [0.25, 0.3) is 0 Å². The Morgan fingerprint density at radius 3 is 2.69 bits per heavy atom. The Morgan fingerprint density at radius 1 is 1.50 bits per heavy atom. The van der Waals surface area contributed by atoms with Crippen LogP contribution in [-0.2, 0) is 0 Å². The Morgan fingerprint density at radius 2 is 2.19 bits per heavy atom. The summed E-state index contributed by atoms with van der Waals surface area (Å²) in [4.78, 5) is 12.9. The molecule has 0 aliphatic heterocycles. The van der Waals surface area contributed by atoms with Crippen LogP contribution in [0.15, 0.2) is 22.7 Å². The predicted octanol–water partition coefficient (Wildman–Crippen LogP) is 3.89. The average Bonchev–Trinajstić information content (AvgIpc) is 2.28. The summed E-state index contributed by atoms with van der Waals surface area (Å²) in [5.74, 6) is 0. The molecule has 0 fully saturated rings. The van der Waals surface area contributed by atoms with E-state index in [9.17, 15) is 4.79 Å². The minimum Gasteiger partial charge on any atom is -0.372 e. The minimum absolute atomic E-state index is 0.513. The summed E-state index contributed by atoms with van der Waals surface area (Å²) < 4.78 is 0.857. The number of halogens is 1. The van der Waals surface area contributed by atoms with Crippen molar-refractivity contribution in [1.29, 1.82) is 0 Å². The SMILES string of the molecule is CCCC(C)N(C)c1ccc(C=O)c(Br)c1. The highest BCUT2D eigenvalue weighted by molar-refractivity contribution is 9.10. The molecule has 0 saturated carbocycles. The zero-order valence-electron chi connectivity index (χ0n) is 10.0. The maximum absolute atomic E-state index is 10.7. The Kier molecular flexibility index (Phi) is 5.00. The zero-order valence-corrected chi connectivity index (χ0v) is 11.6. The highest BCUT2D eigenvalue weighted by Gasteiger charge is 2.10. The number of carbonyl (C=O) groups is 1. The van der Waals surface area contributed by atoms with Crippen LogP contribution in [0.3, 0.4) is 0 Å². The first-order chi connectivity index (χ1) is 7.60. The molecule has 88 valence electrons. The standard InChI is InChI=1S/C13H18BrNO/c1-4-5-10(2)15(3)12-7-6-11(9-16)13(14)8-12/h6-10H,4-5H2,1-3H3. The van der Waals surface area contributed by atoms with Gasteiger partial charge in [0.15, 0.2) is 6.29 Å². The molecule has 1 unspecified atom stereocenters. The molecule has 0 bridgehead atoms. The van der Waals surface area contributed by atoms with Gasteiger partial charge in [-0.15, -0.1) is 0 Å². The minimum atomic E-state index is 0.513. The smallest absolute Gasteiger partial charge is 0.151 e. The van der Waals surface area contributed by atoms with E-state index in [0.29, 0.717) is 11.6 Å². The Hall–Kier alpha value is -0.830. The summed E-state index contributed by atoms with van der Waals surface area (Å²) in [7, 11) is 2.09. The maximum atomic E-state index is 10.7. The van der Waals surface area contributed by atoms with Gasteiger partial charge in [0.2, 0.25) is 0 Å². The van der Waals surface area contributed by atoms with Crippen molar-refractivity contribution in [2.75, 3.05) is 11.9 Å². The molecule has 0 aromatic heterocycles. The number of hydrogen-bond donors (Lipinski definition) is 0. The van der Waals surface area contributed by atoms with Gasteiger partial charge in [0.1, 0.15) is 0 Å². The van der Waals surface area contributed by atoms with E-state index in [1.807, 2.05) is 18.2 Å². The zero-order chi connectivity index (χ0) is 12.1. The van der Waals surface area contributed by atoms with Gasteiger partial charge < -0.3 is 4.90 Å². The van der Waals surface area contributed by atoms with Crippen molar-refractivity contribution in [3.05, 3.63) is 28.2 Å². The van der Waals surface area contributed by atoms with E-state index in [1.54, 1.807) is 0 Å². The van der Waals surface area contributed by atoms with Crippen molar-refractivity contribution in [3.8, 4) is 0 Å². The lowest BCUT2D eigenvalue weighted by molar-refractivity contribution is 0.112.